The van der Waals surface area contributed by atoms with E-state index < -0.39 is 0 Å². The second-order valence-electron chi connectivity index (χ2n) is 4.69. The highest BCUT2D eigenvalue weighted by molar-refractivity contribution is 7.18. The molecule has 1 heterocycles. The Morgan fingerprint density at radius 3 is 2.76 bits per heavy atom. The molecule has 0 fully saturated rings. The van der Waals surface area contributed by atoms with Gasteiger partial charge in [-0.05, 0) is 26.0 Å². The number of thiazole rings is 1. The van der Waals surface area contributed by atoms with Gasteiger partial charge in [0.1, 0.15) is 0 Å². The Bertz CT molecular complexity index is 474. The molecule has 2 aromatic rings. The molecule has 0 amide bonds. The Labute approximate surface area is 106 Å². The summed E-state index contributed by atoms with van der Waals surface area (Å²) in [7, 11) is 1.69. The highest BCUT2D eigenvalue weighted by atomic mass is 32.1. The molecule has 4 heteroatoms. The fourth-order valence-electron chi connectivity index (χ4n) is 1.59. The minimum absolute atomic E-state index is 0.0481. The van der Waals surface area contributed by atoms with Crippen LogP contribution in [-0.2, 0) is 11.2 Å². The first-order valence-corrected chi connectivity index (χ1v) is 6.50. The minimum Gasteiger partial charge on any atom is -0.377 e. The molecule has 17 heavy (non-hydrogen) atoms. The number of hydrogen-bond acceptors (Lipinski definition) is 4. The van der Waals surface area contributed by atoms with Crippen molar-refractivity contribution in [2.75, 3.05) is 7.11 Å². The molecule has 0 aliphatic heterocycles. The highest BCUT2D eigenvalue weighted by Crippen LogP contribution is 2.24. The smallest absolute Gasteiger partial charge is 0.0955 e. The van der Waals surface area contributed by atoms with E-state index in [2.05, 4.69) is 11.1 Å². The van der Waals surface area contributed by atoms with E-state index in [4.69, 9.17) is 10.5 Å². The molecular formula is C13H18N2OS. The van der Waals surface area contributed by atoms with E-state index in [9.17, 15) is 0 Å². The van der Waals surface area contributed by atoms with Crippen molar-refractivity contribution in [3.05, 3.63) is 29.3 Å². The molecule has 0 bridgehead atoms. The van der Waals surface area contributed by atoms with Gasteiger partial charge in [0.2, 0.25) is 0 Å². The molecule has 1 aromatic carbocycles. The van der Waals surface area contributed by atoms with Gasteiger partial charge in [0.05, 0.1) is 20.8 Å². The standard InChI is InChI=1S/C13H18N2OS/c1-13(2,16-3)11(14)8-12-15-9-6-4-5-7-10(9)17-12/h4-7,11H,8,14H2,1-3H3. The molecule has 1 unspecified atom stereocenters. The topological polar surface area (TPSA) is 48.1 Å². The van der Waals surface area contributed by atoms with Gasteiger partial charge in [0.25, 0.3) is 0 Å². The molecule has 0 radical (unpaired) electrons. The normalized spacial score (nSPS) is 14.1. The minimum atomic E-state index is -0.322. The SMILES string of the molecule is COC(C)(C)C(N)Cc1nc2ccccc2s1. The quantitative estimate of drug-likeness (QED) is 0.907. The zero-order chi connectivity index (χ0) is 12.5. The van der Waals surface area contributed by atoms with Crippen molar-refractivity contribution in [2.45, 2.75) is 31.9 Å². The number of hydrogen-bond donors (Lipinski definition) is 1. The van der Waals surface area contributed by atoms with E-state index in [1.807, 2.05) is 32.0 Å². The number of fused-ring (bicyclic) bond motifs is 1. The van der Waals surface area contributed by atoms with Crippen molar-refractivity contribution in [3.8, 4) is 0 Å². The monoisotopic (exact) mass is 250 g/mol. The Hall–Kier alpha value is -0.970. The van der Waals surface area contributed by atoms with Gasteiger partial charge in [-0.3, -0.25) is 0 Å². The number of methoxy groups -OCH3 is 1. The van der Waals surface area contributed by atoms with Gasteiger partial charge in [-0.2, -0.15) is 0 Å². The molecule has 0 spiro atoms. The Kier molecular flexibility index (Phi) is 3.47. The van der Waals surface area contributed by atoms with E-state index in [1.54, 1.807) is 18.4 Å². The first kappa shape index (κ1) is 12.5. The number of rotatable bonds is 4. The molecule has 0 saturated heterocycles. The molecule has 0 aliphatic rings. The molecule has 1 aromatic heterocycles. The van der Waals surface area contributed by atoms with Gasteiger partial charge in [0.15, 0.2) is 0 Å². The summed E-state index contributed by atoms with van der Waals surface area (Å²) in [5.41, 5.74) is 6.89. The Balaban J connectivity index is 2.18. The summed E-state index contributed by atoms with van der Waals surface area (Å²) in [5.74, 6) is 0. The number of benzene rings is 1. The van der Waals surface area contributed by atoms with Gasteiger partial charge in [0, 0.05) is 19.6 Å². The van der Waals surface area contributed by atoms with Gasteiger partial charge in [-0.15, -0.1) is 11.3 Å². The molecule has 0 saturated carbocycles. The second-order valence-corrected chi connectivity index (χ2v) is 5.81. The Morgan fingerprint density at radius 1 is 1.41 bits per heavy atom. The molecule has 92 valence electrons. The van der Waals surface area contributed by atoms with E-state index >= 15 is 0 Å². The van der Waals surface area contributed by atoms with Crippen LogP contribution >= 0.6 is 11.3 Å². The van der Waals surface area contributed by atoms with E-state index in [0.717, 1.165) is 16.9 Å². The van der Waals surface area contributed by atoms with Crippen molar-refractivity contribution in [2.24, 2.45) is 5.73 Å². The molecule has 2 N–H and O–H groups in total. The molecule has 1 atom stereocenters. The van der Waals surface area contributed by atoms with Crippen molar-refractivity contribution in [3.63, 3.8) is 0 Å². The average molecular weight is 250 g/mol. The molecule has 3 nitrogen and oxygen atoms in total. The maximum Gasteiger partial charge on any atom is 0.0955 e. The van der Waals surface area contributed by atoms with Gasteiger partial charge >= 0.3 is 0 Å². The van der Waals surface area contributed by atoms with Crippen LogP contribution < -0.4 is 5.73 Å². The summed E-state index contributed by atoms with van der Waals surface area (Å²) in [6, 6.07) is 8.10. The van der Waals surface area contributed by atoms with E-state index in [1.165, 1.54) is 4.70 Å². The largest absolute Gasteiger partial charge is 0.377 e. The lowest BCUT2D eigenvalue weighted by Crippen LogP contribution is -2.46. The van der Waals surface area contributed by atoms with Crippen LogP contribution in [0.15, 0.2) is 24.3 Å². The van der Waals surface area contributed by atoms with Crippen molar-refractivity contribution < 1.29 is 4.74 Å². The van der Waals surface area contributed by atoms with Gasteiger partial charge in [-0.1, -0.05) is 12.1 Å². The molecule has 2 rings (SSSR count). The third-order valence-electron chi connectivity index (χ3n) is 3.15. The third kappa shape index (κ3) is 2.65. The number of nitrogens with zero attached hydrogens (tertiary/aromatic N) is 1. The fraction of sp³-hybridized carbons (Fsp3) is 0.462. The van der Waals surface area contributed by atoms with Crippen LogP contribution in [0.2, 0.25) is 0 Å². The summed E-state index contributed by atoms with van der Waals surface area (Å²) in [5, 5.41) is 1.07. The maximum absolute atomic E-state index is 6.16. The summed E-state index contributed by atoms with van der Waals surface area (Å²) in [6.07, 6.45) is 0.750. The summed E-state index contributed by atoms with van der Waals surface area (Å²) < 4.78 is 6.61. The molecule has 0 aliphatic carbocycles. The first-order chi connectivity index (χ1) is 8.03. The zero-order valence-electron chi connectivity index (χ0n) is 10.4. The highest BCUT2D eigenvalue weighted by Gasteiger charge is 2.26. The number of ether oxygens (including phenoxy) is 1. The zero-order valence-corrected chi connectivity index (χ0v) is 11.3. The maximum atomic E-state index is 6.16. The van der Waals surface area contributed by atoms with Crippen molar-refractivity contribution in [1.29, 1.82) is 0 Å². The van der Waals surface area contributed by atoms with Crippen LogP contribution in [0.4, 0.5) is 0 Å². The average Bonchev–Trinajstić information content (AvgIpc) is 2.70. The number of aromatic nitrogens is 1. The lowest BCUT2D eigenvalue weighted by Gasteiger charge is -2.29. The predicted octanol–water partition coefficient (Wildman–Crippen LogP) is 2.59. The fourth-order valence-corrected chi connectivity index (χ4v) is 2.62. The second kappa shape index (κ2) is 4.72. The van der Waals surface area contributed by atoms with Gasteiger partial charge < -0.3 is 10.5 Å². The van der Waals surface area contributed by atoms with Crippen molar-refractivity contribution in [1.82, 2.24) is 4.98 Å². The van der Waals surface area contributed by atoms with Crippen LogP contribution in [0, 0.1) is 0 Å². The van der Waals surface area contributed by atoms with Crippen LogP contribution in [0.25, 0.3) is 10.2 Å². The predicted molar refractivity (Wildman–Crippen MR) is 72.4 cm³/mol. The van der Waals surface area contributed by atoms with Gasteiger partial charge in [-0.25, -0.2) is 4.98 Å². The van der Waals surface area contributed by atoms with Crippen LogP contribution in [-0.4, -0.2) is 23.7 Å². The van der Waals surface area contributed by atoms with Crippen LogP contribution in [0.5, 0.6) is 0 Å². The first-order valence-electron chi connectivity index (χ1n) is 5.68. The summed E-state index contributed by atoms with van der Waals surface area (Å²) in [6.45, 7) is 4.01. The number of para-hydroxylation sites is 1. The Morgan fingerprint density at radius 2 is 2.12 bits per heavy atom. The van der Waals surface area contributed by atoms with Crippen molar-refractivity contribution >= 4 is 21.6 Å². The third-order valence-corrected chi connectivity index (χ3v) is 4.21. The lowest BCUT2D eigenvalue weighted by molar-refractivity contribution is 0.000805. The summed E-state index contributed by atoms with van der Waals surface area (Å²) in [4.78, 5) is 4.58. The lowest BCUT2D eigenvalue weighted by atomic mass is 9.97. The van der Waals surface area contributed by atoms with Crippen LogP contribution in [0.1, 0.15) is 18.9 Å². The number of nitrogens with two attached hydrogens (primary N) is 1. The van der Waals surface area contributed by atoms with E-state index in [0.29, 0.717) is 0 Å². The summed E-state index contributed by atoms with van der Waals surface area (Å²) >= 11 is 1.71. The molecular weight excluding hydrogens is 232 g/mol. The van der Waals surface area contributed by atoms with Crippen LogP contribution in [0.3, 0.4) is 0 Å². The van der Waals surface area contributed by atoms with E-state index in [-0.39, 0.29) is 11.6 Å².